The van der Waals surface area contributed by atoms with Crippen molar-refractivity contribution in [2.45, 2.75) is 18.9 Å². The molecule has 0 amide bonds. The molecule has 25 heavy (non-hydrogen) atoms. The molecule has 2 heterocycles. The van der Waals surface area contributed by atoms with Gasteiger partial charge in [0.05, 0.1) is 19.8 Å². The molecular weight excluding hydrogens is 316 g/mol. The van der Waals surface area contributed by atoms with Crippen LogP contribution in [0.4, 0.5) is 0 Å². The van der Waals surface area contributed by atoms with Crippen LogP contribution in [-0.4, -0.2) is 81.4 Å². The molecule has 1 N–H and O–H groups in total. The first-order chi connectivity index (χ1) is 12.4. The van der Waals surface area contributed by atoms with Crippen LogP contribution in [0.5, 0.6) is 5.75 Å². The number of hydrogen-bond acceptors (Lipinski definition) is 4. The molecule has 1 unspecified atom stereocenters. The summed E-state index contributed by atoms with van der Waals surface area (Å²) < 4.78 is 11.2. The van der Waals surface area contributed by atoms with Crippen LogP contribution in [0.3, 0.4) is 0 Å². The highest BCUT2D eigenvalue weighted by Crippen LogP contribution is 2.17. The van der Waals surface area contributed by atoms with Gasteiger partial charge >= 0.3 is 0 Å². The van der Waals surface area contributed by atoms with Crippen LogP contribution in [0.1, 0.15) is 12.8 Å². The number of rotatable bonds is 6. The van der Waals surface area contributed by atoms with Gasteiger partial charge in [0, 0.05) is 45.8 Å². The number of guanidine groups is 1. The Balaban J connectivity index is 1.35. The lowest BCUT2D eigenvalue weighted by Gasteiger charge is -2.32. The van der Waals surface area contributed by atoms with Crippen molar-refractivity contribution in [2.24, 2.45) is 4.99 Å². The summed E-state index contributed by atoms with van der Waals surface area (Å²) in [6, 6.07) is 10.6. The third-order valence-corrected chi connectivity index (χ3v) is 4.85. The zero-order valence-electron chi connectivity index (χ0n) is 15.2. The average Bonchev–Trinajstić information content (AvgIpc) is 3.16. The zero-order valence-corrected chi connectivity index (χ0v) is 15.2. The van der Waals surface area contributed by atoms with E-state index in [0.717, 1.165) is 64.1 Å². The molecule has 3 rings (SSSR count). The lowest BCUT2D eigenvalue weighted by Crippen LogP contribution is -2.46. The smallest absolute Gasteiger partial charge is 0.193 e. The van der Waals surface area contributed by atoms with Gasteiger partial charge < -0.3 is 19.7 Å². The van der Waals surface area contributed by atoms with E-state index in [1.165, 1.54) is 6.42 Å². The minimum atomic E-state index is 0.629. The molecular formula is C19H30N4O2. The van der Waals surface area contributed by atoms with Gasteiger partial charge in [-0.05, 0) is 25.0 Å². The van der Waals surface area contributed by atoms with Crippen LogP contribution in [0.2, 0.25) is 0 Å². The molecule has 0 radical (unpaired) electrons. The Morgan fingerprint density at radius 3 is 2.80 bits per heavy atom. The lowest BCUT2D eigenvalue weighted by molar-refractivity contribution is 0.0195. The van der Waals surface area contributed by atoms with Crippen LogP contribution in [0.25, 0.3) is 0 Å². The van der Waals surface area contributed by atoms with E-state index < -0.39 is 0 Å². The Morgan fingerprint density at radius 1 is 1.24 bits per heavy atom. The van der Waals surface area contributed by atoms with E-state index in [4.69, 9.17) is 9.47 Å². The summed E-state index contributed by atoms with van der Waals surface area (Å²) >= 11 is 0. The number of para-hydroxylation sites is 1. The number of nitrogens with zero attached hydrogens (tertiary/aromatic N) is 3. The van der Waals surface area contributed by atoms with Crippen molar-refractivity contribution < 1.29 is 9.47 Å². The van der Waals surface area contributed by atoms with Gasteiger partial charge in [-0.3, -0.25) is 9.89 Å². The SMILES string of the molecule is CN=C(NCCCOc1ccccc1)N1CCC(N2CCOCC2)C1. The van der Waals surface area contributed by atoms with E-state index in [1.807, 2.05) is 37.4 Å². The van der Waals surface area contributed by atoms with Crippen molar-refractivity contribution in [3.8, 4) is 5.75 Å². The predicted octanol–water partition coefficient (Wildman–Crippen LogP) is 1.44. The number of nitrogens with one attached hydrogen (secondary N) is 1. The number of hydrogen-bond donors (Lipinski definition) is 1. The van der Waals surface area contributed by atoms with Gasteiger partial charge in [-0.1, -0.05) is 18.2 Å². The summed E-state index contributed by atoms with van der Waals surface area (Å²) in [4.78, 5) is 9.39. The number of morpholine rings is 1. The van der Waals surface area contributed by atoms with Crippen molar-refractivity contribution in [3.63, 3.8) is 0 Å². The molecule has 1 aromatic carbocycles. The quantitative estimate of drug-likeness (QED) is 0.480. The van der Waals surface area contributed by atoms with Gasteiger partial charge in [0.25, 0.3) is 0 Å². The number of likely N-dealkylation sites (tertiary alicyclic amines) is 1. The molecule has 2 aliphatic heterocycles. The van der Waals surface area contributed by atoms with Crippen molar-refractivity contribution in [1.29, 1.82) is 0 Å². The van der Waals surface area contributed by atoms with Gasteiger partial charge in [0.2, 0.25) is 0 Å². The van der Waals surface area contributed by atoms with Crippen LogP contribution < -0.4 is 10.1 Å². The second-order valence-corrected chi connectivity index (χ2v) is 6.53. The Labute approximate surface area is 150 Å². The van der Waals surface area contributed by atoms with Gasteiger partial charge in [-0.2, -0.15) is 0 Å². The van der Waals surface area contributed by atoms with E-state index in [9.17, 15) is 0 Å². The van der Waals surface area contributed by atoms with Crippen molar-refractivity contribution >= 4 is 5.96 Å². The zero-order chi connectivity index (χ0) is 17.3. The summed E-state index contributed by atoms with van der Waals surface area (Å²) in [7, 11) is 1.87. The second-order valence-electron chi connectivity index (χ2n) is 6.53. The predicted molar refractivity (Wildman–Crippen MR) is 100 cm³/mol. The highest BCUT2D eigenvalue weighted by Gasteiger charge is 2.30. The molecule has 2 aliphatic rings. The number of ether oxygens (including phenoxy) is 2. The van der Waals surface area contributed by atoms with Gasteiger partial charge in [0.1, 0.15) is 5.75 Å². The normalized spacial score (nSPS) is 22.2. The summed E-state index contributed by atoms with van der Waals surface area (Å²) in [5.41, 5.74) is 0. The molecule has 6 heteroatoms. The van der Waals surface area contributed by atoms with Crippen LogP contribution in [-0.2, 0) is 4.74 Å². The molecule has 2 fully saturated rings. The first kappa shape index (κ1) is 18.0. The summed E-state index contributed by atoms with van der Waals surface area (Å²) in [5, 5.41) is 3.47. The van der Waals surface area contributed by atoms with E-state index in [0.29, 0.717) is 12.6 Å². The summed E-state index contributed by atoms with van der Waals surface area (Å²) in [6.07, 6.45) is 2.16. The number of aliphatic imine (C=N–C) groups is 1. The lowest BCUT2D eigenvalue weighted by atomic mass is 10.2. The fourth-order valence-corrected chi connectivity index (χ4v) is 3.49. The monoisotopic (exact) mass is 346 g/mol. The molecule has 0 saturated carbocycles. The Kier molecular flexibility index (Phi) is 6.94. The maximum Gasteiger partial charge on any atom is 0.193 e. The van der Waals surface area contributed by atoms with Crippen LogP contribution in [0.15, 0.2) is 35.3 Å². The van der Waals surface area contributed by atoms with Crippen molar-refractivity contribution in [3.05, 3.63) is 30.3 Å². The van der Waals surface area contributed by atoms with Crippen molar-refractivity contribution in [2.75, 3.05) is 59.6 Å². The van der Waals surface area contributed by atoms with E-state index >= 15 is 0 Å². The van der Waals surface area contributed by atoms with E-state index in [2.05, 4.69) is 20.1 Å². The standard InChI is InChI=1S/C19H30N4O2/c1-20-19(21-9-5-13-25-18-6-3-2-4-7-18)23-10-8-17(16-23)22-11-14-24-15-12-22/h2-4,6-7,17H,5,8-16H2,1H3,(H,20,21). The largest absolute Gasteiger partial charge is 0.494 e. The van der Waals surface area contributed by atoms with Gasteiger partial charge in [-0.15, -0.1) is 0 Å². The van der Waals surface area contributed by atoms with Crippen LogP contribution in [0, 0.1) is 0 Å². The van der Waals surface area contributed by atoms with Crippen molar-refractivity contribution in [1.82, 2.24) is 15.1 Å². The fourth-order valence-electron chi connectivity index (χ4n) is 3.49. The Hall–Kier alpha value is -1.79. The number of benzene rings is 1. The third kappa shape index (κ3) is 5.34. The molecule has 1 aromatic rings. The first-order valence-electron chi connectivity index (χ1n) is 9.32. The van der Waals surface area contributed by atoms with E-state index in [-0.39, 0.29) is 0 Å². The molecule has 0 aliphatic carbocycles. The Morgan fingerprint density at radius 2 is 2.04 bits per heavy atom. The molecule has 0 aromatic heterocycles. The summed E-state index contributed by atoms with van der Waals surface area (Å²) in [6.45, 7) is 7.56. The summed E-state index contributed by atoms with van der Waals surface area (Å²) in [5.74, 6) is 1.94. The maximum atomic E-state index is 5.73. The molecule has 0 spiro atoms. The Bertz CT molecular complexity index is 531. The molecule has 2 saturated heterocycles. The van der Waals surface area contributed by atoms with E-state index in [1.54, 1.807) is 0 Å². The van der Waals surface area contributed by atoms with Gasteiger partial charge in [-0.25, -0.2) is 0 Å². The van der Waals surface area contributed by atoms with Crippen LogP contribution >= 0.6 is 0 Å². The highest BCUT2D eigenvalue weighted by atomic mass is 16.5. The average molecular weight is 346 g/mol. The topological polar surface area (TPSA) is 49.3 Å². The first-order valence-corrected chi connectivity index (χ1v) is 9.32. The maximum absolute atomic E-state index is 5.73. The highest BCUT2D eigenvalue weighted by molar-refractivity contribution is 5.80. The second kappa shape index (κ2) is 9.63. The van der Waals surface area contributed by atoms with Gasteiger partial charge in [0.15, 0.2) is 5.96 Å². The fraction of sp³-hybridized carbons (Fsp3) is 0.632. The molecule has 6 nitrogen and oxygen atoms in total. The molecule has 1 atom stereocenters. The molecule has 138 valence electrons. The minimum Gasteiger partial charge on any atom is -0.494 e. The molecule has 0 bridgehead atoms. The third-order valence-electron chi connectivity index (χ3n) is 4.85. The minimum absolute atomic E-state index is 0.629.